The summed E-state index contributed by atoms with van der Waals surface area (Å²) in [6.45, 7) is 5.96. The number of hydrogen-bond acceptors (Lipinski definition) is 3. The molecule has 0 spiro atoms. The molecule has 2 rings (SSSR count). The van der Waals surface area contributed by atoms with Gasteiger partial charge >= 0.3 is 0 Å². The highest BCUT2D eigenvalue weighted by atomic mass is 16.5. The second-order valence-corrected chi connectivity index (χ2v) is 4.89. The Labute approximate surface area is 113 Å². The Kier molecular flexibility index (Phi) is 4.17. The van der Waals surface area contributed by atoms with Gasteiger partial charge in [0.25, 0.3) is 0 Å². The van der Waals surface area contributed by atoms with E-state index in [1.807, 2.05) is 24.3 Å². The second kappa shape index (κ2) is 5.85. The van der Waals surface area contributed by atoms with Crippen molar-refractivity contribution in [3.8, 4) is 11.5 Å². The molecule has 0 aliphatic heterocycles. The van der Waals surface area contributed by atoms with Crippen LogP contribution in [0.25, 0.3) is 0 Å². The fourth-order valence-corrected chi connectivity index (χ4v) is 1.88. The van der Waals surface area contributed by atoms with Gasteiger partial charge in [-0.2, -0.15) is 0 Å². The molecule has 2 aromatic rings. The maximum absolute atomic E-state index is 9.42. The lowest BCUT2D eigenvalue weighted by Crippen LogP contribution is -1.97. The maximum Gasteiger partial charge on any atom is 0.145 e. The summed E-state index contributed by atoms with van der Waals surface area (Å²) in [4.78, 5) is 4.17. The molecular formula is C16H19NO2. The largest absolute Gasteiger partial charge is 0.455 e. The molecule has 1 unspecified atom stereocenters. The Morgan fingerprint density at radius 3 is 2.37 bits per heavy atom. The summed E-state index contributed by atoms with van der Waals surface area (Å²) in [7, 11) is 0. The molecule has 0 aliphatic rings. The molecule has 0 fully saturated rings. The molecule has 100 valence electrons. The number of benzene rings is 1. The first-order valence-corrected chi connectivity index (χ1v) is 6.48. The summed E-state index contributed by atoms with van der Waals surface area (Å²) in [5, 5.41) is 9.42. The van der Waals surface area contributed by atoms with Crippen molar-refractivity contribution in [2.75, 3.05) is 0 Å². The van der Waals surface area contributed by atoms with E-state index in [1.54, 1.807) is 19.2 Å². The van der Waals surface area contributed by atoms with Crippen molar-refractivity contribution >= 4 is 0 Å². The highest BCUT2D eigenvalue weighted by Crippen LogP contribution is 2.30. The van der Waals surface area contributed by atoms with E-state index in [9.17, 15) is 5.11 Å². The lowest BCUT2D eigenvalue weighted by molar-refractivity contribution is 0.194. The Hall–Kier alpha value is -1.87. The van der Waals surface area contributed by atoms with E-state index in [-0.39, 0.29) is 0 Å². The van der Waals surface area contributed by atoms with Crippen molar-refractivity contribution in [1.29, 1.82) is 0 Å². The normalized spacial score (nSPS) is 12.5. The van der Waals surface area contributed by atoms with E-state index in [1.165, 1.54) is 5.56 Å². The van der Waals surface area contributed by atoms with E-state index < -0.39 is 6.10 Å². The molecule has 0 aliphatic carbocycles. The molecule has 19 heavy (non-hydrogen) atoms. The smallest absolute Gasteiger partial charge is 0.145 e. The van der Waals surface area contributed by atoms with E-state index >= 15 is 0 Å². The van der Waals surface area contributed by atoms with Gasteiger partial charge in [0.05, 0.1) is 18.0 Å². The number of hydrogen-bond donors (Lipinski definition) is 1. The Morgan fingerprint density at radius 2 is 1.79 bits per heavy atom. The summed E-state index contributed by atoms with van der Waals surface area (Å²) >= 11 is 0. The summed E-state index contributed by atoms with van der Waals surface area (Å²) in [6.07, 6.45) is 1.08. The molecule has 3 heteroatoms. The first-order chi connectivity index (χ1) is 9.08. The molecule has 0 amide bonds. The fourth-order valence-electron chi connectivity index (χ4n) is 1.88. The number of aliphatic hydroxyl groups is 1. The SMILES string of the molecule is CC(C)c1ccccc1Oc1ccc(C(C)O)nc1. The van der Waals surface area contributed by atoms with Gasteiger partial charge in [-0.1, -0.05) is 32.0 Å². The predicted molar refractivity (Wildman–Crippen MR) is 75.5 cm³/mol. The highest BCUT2D eigenvalue weighted by Gasteiger charge is 2.08. The predicted octanol–water partition coefficient (Wildman–Crippen LogP) is 4.05. The van der Waals surface area contributed by atoms with E-state index in [0.717, 1.165) is 5.75 Å². The van der Waals surface area contributed by atoms with Crippen LogP contribution >= 0.6 is 0 Å². The van der Waals surface area contributed by atoms with Crippen LogP contribution in [0.4, 0.5) is 0 Å². The molecule has 1 atom stereocenters. The van der Waals surface area contributed by atoms with Gasteiger partial charge in [-0.3, -0.25) is 4.98 Å². The van der Waals surface area contributed by atoms with Crippen LogP contribution in [0.3, 0.4) is 0 Å². The van der Waals surface area contributed by atoms with E-state index in [2.05, 4.69) is 24.9 Å². The topological polar surface area (TPSA) is 42.4 Å². The van der Waals surface area contributed by atoms with Crippen LogP contribution < -0.4 is 4.74 Å². The molecule has 1 aromatic heterocycles. The zero-order valence-corrected chi connectivity index (χ0v) is 11.5. The van der Waals surface area contributed by atoms with E-state index in [4.69, 9.17) is 4.74 Å². The average Bonchev–Trinajstić information content (AvgIpc) is 2.39. The minimum absolute atomic E-state index is 0.404. The minimum atomic E-state index is -0.558. The lowest BCUT2D eigenvalue weighted by Gasteiger charge is -2.13. The number of nitrogens with zero attached hydrogens (tertiary/aromatic N) is 1. The molecule has 1 aromatic carbocycles. The minimum Gasteiger partial charge on any atom is -0.455 e. The van der Waals surface area contributed by atoms with Gasteiger partial charge in [-0.15, -0.1) is 0 Å². The van der Waals surface area contributed by atoms with Gasteiger partial charge in [0, 0.05) is 0 Å². The van der Waals surface area contributed by atoms with Gasteiger partial charge in [0.1, 0.15) is 11.5 Å². The van der Waals surface area contributed by atoms with Gasteiger partial charge in [0.15, 0.2) is 0 Å². The first kappa shape index (κ1) is 13.6. The number of aromatic nitrogens is 1. The van der Waals surface area contributed by atoms with Crippen LogP contribution in [0.15, 0.2) is 42.6 Å². The summed E-state index contributed by atoms with van der Waals surface area (Å²) < 4.78 is 5.86. The Morgan fingerprint density at radius 1 is 1.05 bits per heavy atom. The highest BCUT2D eigenvalue weighted by molar-refractivity contribution is 5.39. The summed E-state index contributed by atoms with van der Waals surface area (Å²) in [5.41, 5.74) is 1.81. The third-order valence-electron chi connectivity index (χ3n) is 2.96. The molecule has 1 heterocycles. The number of aliphatic hydroxyl groups excluding tert-OH is 1. The van der Waals surface area contributed by atoms with Crippen molar-refractivity contribution in [2.24, 2.45) is 0 Å². The van der Waals surface area contributed by atoms with Crippen LogP contribution in [-0.4, -0.2) is 10.1 Å². The van der Waals surface area contributed by atoms with Crippen LogP contribution in [0.2, 0.25) is 0 Å². The number of ether oxygens (including phenoxy) is 1. The fraction of sp³-hybridized carbons (Fsp3) is 0.312. The molecular weight excluding hydrogens is 238 g/mol. The van der Waals surface area contributed by atoms with Gasteiger partial charge in [-0.25, -0.2) is 0 Å². The van der Waals surface area contributed by atoms with Gasteiger partial charge in [-0.05, 0) is 36.6 Å². The van der Waals surface area contributed by atoms with Gasteiger partial charge in [0.2, 0.25) is 0 Å². The quantitative estimate of drug-likeness (QED) is 0.898. The number of para-hydroxylation sites is 1. The molecule has 0 saturated heterocycles. The van der Waals surface area contributed by atoms with Crippen LogP contribution in [0.5, 0.6) is 11.5 Å². The molecule has 0 radical (unpaired) electrons. The second-order valence-electron chi connectivity index (χ2n) is 4.89. The lowest BCUT2D eigenvalue weighted by atomic mass is 10.0. The van der Waals surface area contributed by atoms with Crippen molar-refractivity contribution in [1.82, 2.24) is 4.98 Å². The number of rotatable bonds is 4. The van der Waals surface area contributed by atoms with Crippen molar-refractivity contribution in [2.45, 2.75) is 32.8 Å². The first-order valence-electron chi connectivity index (χ1n) is 6.48. The molecule has 1 N–H and O–H groups in total. The maximum atomic E-state index is 9.42. The van der Waals surface area contributed by atoms with Crippen LogP contribution in [-0.2, 0) is 0 Å². The standard InChI is InChI=1S/C16H19NO2/c1-11(2)14-6-4-5-7-16(14)19-13-8-9-15(12(3)18)17-10-13/h4-12,18H,1-3H3. The zero-order chi connectivity index (χ0) is 13.8. The monoisotopic (exact) mass is 257 g/mol. The molecule has 3 nitrogen and oxygen atoms in total. The summed E-state index contributed by atoms with van der Waals surface area (Å²) in [5.74, 6) is 1.93. The average molecular weight is 257 g/mol. The third kappa shape index (κ3) is 3.32. The zero-order valence-electron chi connectivity index (χ0n) is 11.5. The Balaban J connectivity index is 2.21. The van der Waals surface area contributed by atoms with Crippen LogP contribution in [0, 0.1) is 0 Å². The Bertz CT molecular complexity index is 533. The third-order valence-corrected chi connectivity index (χ3v) is 2.96. The molecule has 0 saturated carbocycles. The summed E-state index contributed by atoms with van der Waals surface area (Å²) in [6, 6.07) is 11.6. The van der Waals surface area contributed by atoms with Crippen molar-refractivity contribution in [3.63, 3.8) is 0 Å². The van der Waals surface area contributed by atoms with Gasteiger partial charge < -0.3 is 9.84 Å². The molecule has 0 bridgehead atoms. The van der Waals surface area contributed by atoms with Crippen molar-refractivity contribution in [3.05, 3.63) is 53.9 Å². The van der Waals surface area contributed by atoms with E-state index in [0.29, 0.717) is 17.4 Å². The number of pyridine rings is 1. The van der Waals surface area contributed by atoms with Crippen molar-refractivity contribution < 1.29 is 9.84 Å². The van der Waals surface area contributed by atoms with Crippen LogP contribution in [0.1, 0.15) is 44.1 Å².